The fourth-order valence-electron chi connectivity index (χ4n) is 4.50. The van der Waals surface area contributed by atoms with Crippen molar-refractivity contribution in [2.24, 2.45) is 17.6 Å². The van der Waals surface area contributed by atoms with Gasteiger partial charge in [-0.25, -0.2) is 14.3 Å². The third-order valence-corrected chi connectivity index (χ3v) is 10.8. The van der Waals surface area contributed by atoms with Crippen molar-refractivity contribution in [1.82, 2.24) is 20.2 Å². The number of anilines is 2. The maximum atomic E-state index is 13.3. The molecule has 0 radical (unpaired) electrons. The fourth-order valence-corrected chi connectivity index (χ4v) is 7.86. The number of carboxylic acids is 2. The minimum atomic E-state index is -1.53. The van der Waals surface area contributed by atoms with Crippen molar-refractivity contribution in [2.45, 2.75) is 41.4 Å². The van der Waals surface area contributed by atoms with Crippen LogP contribution in [-0.4, -0.2) is 84.5 Å². The molecule has 4 heterocycles. The van der Waals surface area contributed by atoms with E-state index in [9.17, 15) is 29.4 Å². The number of thioether (sulfide) groups is 2. The molecule has 2 aromatic rings. The Labute approximate surface area is 245 Å². The van der Waals surface area contributed by atoms with Gasteiger partial charge in [-0.15, -0.1) is 23.1 Å². The third kappa shape index (κ3) is 5.38. The normalized spacial score (nSPS) is 25.0. The van der Waals surface area contributed by atoms with E-state index >= 15 is 0 Å². The zero-order valence-electron chi connectivity index (χ0n) is 21.6. The maximum absolute atomic E-state index is 13.3. The highest BCUT2D eigenvalue weighted by molar-refractivity contribution is 8.00. The minimum absolute atomic E-state index is 0.0705. The molecule has 5 rings (SSSR count). The molecule has 0 spiro atoms. The quantitative estimate of drug-likeness (QED) is 0.0572. The monoisotopic (exact) mass is 622 g/mol. The highest BCUT2D eigenvalue weighted by atomic mass is 32.2. The van der Waals surface area contributed by atoms with E-state index in [1.54, 1.807) is 23.9 Å². The van der Waals surface area contributed by atoms with Crippen LogP contribution in [0.1, 0.15) is 25.0 Å². The van der Waals surface area contributed by atoms with Crippen LogP contribution in [0.15, 0.2) is 28.0 Å². The largest absolute Gasteiger partial charge is 0.549 e. The van der Waals surface area contributed by atoms with Crippen LogP contribution < -0.4 is 26.5 Å². The van der Waals surface area contributed by atoms with Crippen LogP contribution in [0, 0.1) is 5.41 Å². The second-order valence-electron chi connectivity index (χ2n) is 9.98. The summed E-state index contributed by atoms with van der Waals surface area (Å²) < 4.78 is 1.71. The van der Waals surface area contributed by atoms with Gasteiger partial charge in [0.2, 0.25) is 17.3 Å². The number of nitrogen functional groups attached to an aromatic ring is 2. The van der Waals surface area contributed by atoms with Gasteiger partial charge in [0.25, 0.3) is 5.91 Å². The Morgan fingerprint density at radius 3 is 2.73 bits per heavy atom. The number of amides is 2. The number of rotatable bonds is 10. The second kappa shape index (κ2) is 11.0. The molecule has 0 aromatic carbocycles. The van der Waals surface area contributed by atoms with Gasteiger partial charge in [-0.2, -0.15) is 0 Å². The zero-order chi connectivity index (χ0) is 29.5. The molecule has 1 aliphatic carbocycles. The van der Waals surface area contributed by atoms with Gasteiger partial charge in [0.15, 0.2) is 10.8 Å². The van der Waals surface area contributed by atoms with E-state index in [1.165, 1.54) is 33.8 Å². The molecule has 2 unspecified atom stereocenters. The fraction of sp³-hybridized carbons (Fsp3) is 0.478. The van der Waals surface area contributed by atoms with Gasteiger partial charge in [0, 0.05) is 47.8 Å². The average Bonchev–Trinajstić information content (AvgIpc) is 3.34. The number of oxime groups is 1. The molecule has 1 saturated carbocycles. The average molecular weight is 623 g/mol. The summed E-state index contributed by atoms with van der Waals surface area (Å²) in [5.74, 6) is -3.25. The molecule has 2 aliphatic heterocycles. The predicted molar refractivity (Wildman–Crippen MR) is 146 cm³/mol. The van der Waals surface area contributed by atoms with Gasteiger partial charge in [0.05, 0.1) is 19.2 Å². The number of hydrogen-bond acceptors (Lipinski definition) is 14. The molecule has 2 saturated heterocycles. The highest BCUT2D eigenvalue weighted by Gasteiger charge is 2.56. The number of nitrogens with zero attached hydrogens (tertiary/aromatic N) is 5. The van der Waals surface area contributed by atoms with E-state index in [2.05, 4.69) is 20.4 Å². The number of carbonyl (C=O) groups is 4. The molecular formula is C23H26N8O7S3. The Morgan fingerprint density at radius 2 is 2.12 bits per heavy atom. The van der Waals surface area contributed by atoms with Crippen LogP contribution in [0.4, 0.5) is 10.9 Å². The molecule has 0 bridgehead atoms. The number of carbonyl (C=O) groups excluding carboxylic acids is 3. The highest BCUT2D eigenvalue weighted by Crippen LogP contribution is 2.44. The number of aryl methyl sites for hydroxylation is 1. The van der Waals surface area contributed by atoms with E-state index in [1.807, 2.05) is 0 Å². The first-order valence-electron chi connectivity index (χ1n) is 12.3. The first-order chi connectivity index (χ1) is 19.4. The molecule has 6 N–H and O–H groups in total. The van der Waals surface area contributed by atoms with Crippen molar-refractivity contribution in [1.29, 1.82) is 0 Å². The molecule has 18 heteroatoms. The lowest BCUT2D eigenvalue weighted by Gasteiger charge is -2.55. The van der Waals surface area contributed by atoms with Crippen LogP contribution in [0.25, 0.3) is 0 Å². The molecule has 41 heavy (non-hydrogen) atoms. The van der Waals surface area contributed by atoms with Crippen molar-refractivity contribution in [3.05, 3.63) is 23.3 Å². The summed E-state index contributed by atoms with van der Waals surface area (Å²) >= 11 is 3.46. The molecule has 3 aliphatic rings. The van der Waals surface area contributed by atoms with E-state index in [0.29, 0.717) is 17.4 Å². The summed E-state index contributed by atoms with van der Waals surface area (Å²) in [5.41, 5.74) is 8.34. The van der Waals surface area contributed by atoms with Gasteiger partial charge in [-0.3, -0.25) is 9.59 Å². The number of carboxylic acid groups (broad SMARTS) is 2. The van der Waals surface area contributed by atoms with Gasteiger partial charge in [-0.05, 0) is 23.2 Å². The summed E-state index contributed by atoms with van der Waals surface area (Å²) in [6.45, 7) is -0.106. The lowest BCUT2D eigenvalue weighted by Crippen LogP contribution is -2.75. The minimum Gasteiger partial charge on any atom is -0.549 e. The Morgan fingerprint density at radius 1 is 1.37 bits per heavy atom. The van der Waals surface area contributed by atoms with Crippen molar-refractivity contribution in [2.75, 3.05) is 29.5 Å². The Kier molecular flexibility index (Phi) is 7.73. The van der Waals surface area contributed by atoms with E-state index in [4.69, 9.17) is 16.3 Å². The summed E-state index contributed by atoms with van der Waals surface area (Å²) in [7, 11) is 1.76. The van der Waals surface area contributed by atoms with Crippen molar-refractivity contribution in [3.8, 4) is 0 Å². The Balaban J connectivity index is 1.28. The van der Waals surface area contributed by atoms with E-state index in [0.717, 1.165) is 11.3 Å². The molecule has 3 atom stereocenters. The van der Waals surface area contributed by atoms with Gasteiger partial charge in [-0.1, -0.05) is 5.16 Å². The third-order valence-electron chi connectivity index (χ3n) is 7.18. The van der Waals surface area contributed by atoms with Crippen LogP contribution in [0.5, 0.6) is 0 Å². The van der Waals surface area contributed by atoms with Gasteiger partial charge in [0.1, 0.15) is 17.1 Å². The summed E-state index contributed by atoms with van der Waals surface area (Å²) in [5, 5.41) is 29.9. The number of nitrogens with two attached hydrogens (primary N) is 2. The summed E-state index contributed by atoms with van der Waals surface area (Å²) in [6.07, 6.45) is 2.82. The van der Waals surface area contributed by atoms with E-state index < -0.39 is 46.2 Å². The number of nitrogens with one attached hydrogen (secondary N) is 1. The van der Waals surface area contributed by atoms with Crippen LogP contribution in [-0.2, 0) is 31.1 Å². The summed E-state index contributed by atoms with van der Waals surface area (Å²) in [4.78, 5) is 65.4. The van der Waals surface area contributed by atoms with Crippen molar-refractivity contribution in [3.63, 3.8) is 0 Å². The number of aliphatic carboxylic acids is 2. The lowest BCUT2D eigenvalue weighted by molar-refractivity contribution is -0.713. The van der Waals surface area contributed by atoms with Crippen molar-refractivity contribution >= 4 is 75.3 Å². The number of fused-ring (bicyclic) bond motifs is 1. The van der Waals surface area contributed by atoms with Crippen LogP contribution in [0.2, 0.25) is 0 Å². The van der Waals surface area contributed by atoms with Gasteiger partial charge >= 0.3 is 11.1 Å². The lowest BCUT2D eigenvalue weighted by atomic mass is 9.80. The number of aromatic nitrogens is 3. The SMILES string of the molecule is C[n+]1ccc(N)nc1SCC1(C(=O)[O-])CS[C@@H]2C(NC(=O)C(=NOC3(C(=O)O)CCC3)c3csc(N)n3)C(=O)N2C1. The number of hydrogen-bond donors (Lipinski definition) is 4. The predicted octanol–water partition coefficient (Wildman–Crippen LogP) is -1.82. The molecule has 2 aromatic heterocycles. The molecule has 218 valence electrons. The maximum Gasteiger partial charge on any atom is 0.361 e. The number of thiazole rings is 1. The Bertz CT molecular complexity index is 1450. The molecule has 2 amide bonds. The topological polar surface area (TPSA) is 230 Å². The second-order valence-corrected chi connectivity index (χ2v) is 12.9. The standard InChI is InChI=1S/C23H26N8O7S3/c1-30-6-3-12(24)27-21(30)41-10-22(18(34)35)8-31-16(33)14(17(31)40-9-22)28-15(32)13(11-7-39-20(25)26-11)29-38-23(19(36)37)4-2-5-23/h3,6-7,14,17,24H,2,4-5,8-10H2,1H3,(H5,25,26,28,32,34,35,36,37)/t14?,17-,22?/m1/s1. The molecule has 3 fully saturated rings. The Hall–Kier alpha value is -3.64. The molecule has 15 nitrogen and oxygen atoms in total. The first kappa shape index (κ1) is 28.9. The smallest absolute Gasteiger partial charge is 0.361 e. The van der Waals surface area contributed by atoms with Crippen LogP contribution in [0.3, 0.4) is 0 Å². The van der Waals surface area contributed by atoms with Gasteiger partial charge < -0.3 is 41.5 Å². The van der Waals surface area contributed by atoms with E-state index in [-0.39, 0.29) is 47.4 Å². The van der Waals surface area contributed by atoms with Crippen LogP contribution >= 0.6 is 34.9 Å². The zero-order valence-corrected chi connectivity index (χ0v) is 24.1. The van der Waals surface area contributed by atoms with Crippen molar-refractivity contribution < 1.29 is 38.8 Å². The molecular weight excluding hydrogens is 597 g/mol. The summed E-state index contributed by atoms with van der Waals surface area (Å²) in [6, 6.07) is 0.655. The number of β-lactam (4-membered cyclic amide) rings is 1. The first-order valence-corrected chi connectivity index (χ1v) is 15.3.